The van der Waals surface area contributed by atoms with Crippen molar-refractivity contribution in [2.24, 2.45) is 0 Å². The maximum absolute atomic E-state index is 12.8. The Balaban J connectivity index is 4.29. The molecule has 0 N–H and O–H groups in total. The van der Waals surface area contributed by atoms with Crippen LogP contribution in [0.5, 0.6) is 0 Å². The summed E-state index contributed by atoms with van der Waals surface area (Å²) < 4.78 is 17.2. The first-order valence-electron chi connectivity index (χ1n) is 27.0. The lowest BCUT2D eigenvalue weighted by molar-refractivity contribution is -0.889. The molecule has 0 aromatic heterocycles. The third-order valence-corrected chi connectivity index (χ3v) is 11.9. The summed E-state index contributed by atoms with van der Waals surface area (Å²) in [5.41, 5.74) is 0. The number of nitrogens with zero attached hydrogens (tertiary/aromatic N) is 1. The van der Waals surface area contributed by atoms with Crippen LogP contribution in [0.1, 0.15) is 226 Å². The second kappa shape index (κ2) is 48.2. The smallest absolute Gasteiger partial charge is 0.306 e. The Morgan fingerprint density at radius 2 is 0.848 bits per heavy atom. The number of hydrogen-bond donors (Lipinski definition) is 0. The number of carboxylic acids is 1. The van der Waals surface area contributed by atoms with Crippen molar-refractivity contribution in [2.75, 3.05) is 41.0 Å². The van der Waals surface area contributed by atoms with E-state index in [0.717, 1.165) is 64.2 Å². The molecule has 0 amide bonds. The number of carbonyl (C=O) groups is 3. The standard InChI is InChI=1S/C58H101NO7/c1-6-8-10-12-14-16-18-20-22-24-26-28-29-31-33-35-37-39-41-43-45-47-49-57(61)66-54(52-64-51-50-55(58(62)63)59(3,4)5)53-65-56(60)48-46-44-42-40-38-36-34-32-30-27-25-23-21-19-17-15-13-11-9-7-2/h9,11,15,17,21,23,27,30,34,36,40,42,54-55H,6-8,10,12-14,16,18-20,22,24-26,28-29,31-33,35,37-39,41,43-53H2,1-5H3/b11-9+,17-15+,23-21+,30-27+,36-34+,42-40+. The van der Waals surface area contributed by atoms with Gasteiger partial charge in [-0.1, -0.05) is 222 Å². The quantitative estimate of drug-likeness (QED) is 0.0259. The van der Waals surface area contributed by atoms with Crippen molar-refractivity contribution in [2.45, 2.75) is 238 Å². The van der Waals surface area contributed by atoms with E-state index in [9.17, 15) is 19.5 Å². The number of quaternary nitrogens is 1. The number of allylic oxidation sites excluding steroid dienone is 12. The first-order valence-corrected chi connectivity index (χ1v) is 27.0. The van der Waals surface area contributed by atoms with Crippen molar-refractivity contribution < 1.29 is 38.2 Å². The number of aliphatic carboxylic acids is 1. The van der Waals surface area contributed by atoms with Gasteiger partial charge in [0.1, 0.15) is 12.6 Å². The highest BCUT2D eigenvalue weighted by Gasteiger charge is 2.25. The van der Waals surface area contributed by atoms with Crippen LogP contribution in [0, 0.1) is 0 Å². The molecule has 0 aromatic rings. The van der Waals surface area contributed by atoms with Crippen LogP contribution in [0.2, 0.25) is 0 Å². The van der Waals surface area contributed by atoms with E-state index < -0.39 is 18.1 Å². The molecule has 0 rings (SSSR count). The van der Waals surface area contributed by atoms with Gasteiger partial charge in [0, 0.05) is 19.3 Å². The maximum atomic E-state index is 12.8. The van der Waals surface area contributed by atoms with E-state index in [1.165, 1.54) is 122 Å². The number of hydrogen-bond acceptors (Lipinski definition) is 7. The van der Waals surface area contributed by atoms with Gasteiger partial charge >= 0.3 is 11.9 Å². The van der Waals surface area contributed by atoms with Crippen molar-refractivity contribution in [3.8, 4) is 0 Å². The molecule has 0 aromatic carbocycles. The zero-order chi connectivity index (χ0) is 48.4. The fraction of sp³-hybridized carbons (Fsp3) is 0.741. The Morgan fingerprint density at radius 1 is 0.470 bits per heavy atom. The van der Waals surface area contributed by atoms with Crippen molar-refractivity contribution in [3.05, 3.63) is 72.9 Å². The average Bonchev–Trinajstić information content (AvgIpc) is 3.28. The highest BCUT2D eigenvalue weighted by Crippen LogP contribution is 2.16. The number of rotatable bonds is 48. The predicted octanol–water partition coefficient (Wildman–Crippen LogP) is 14.5. The molecule has 0 aliphatic heterocycles. The molecule has 66 heavy (non-hydrogen) atoms. The van der Waals surface area contributed by atoms with E-state index in [4.69, 9.17) is 14.2 Å². The number of carbonyl (C=O) groups excluding carboxylic acids is 3. The van der Waals surface area contributed by atoms with Crippen LogP contribution in [0.15, 0.2) is 72.9 Å². The molecule has 0 radical (unpaired) electrons. The van der Waals surface area contributed by atoms with Gasteiger partial charge in [0.05, 0.1) is 40.3 Å². The number of carboxylic acid groups (broad SMARTS) is 1. The molecule has 0 saturated heterocycles. The van der Waals surface area contributed by atoms with Gasteiger partial charge in [-0.15, -0.1) is 0 Å². The lowest BCUT2D eigenvalue weighted by Crippen LogP contribution is -2.55. The molecular formula is C58H101NO7. The van der Waals surface area contributed by atoms with Crippen molar-refractivity contribution in [3.63, 3.8) is 0 Å². The molecular weight excluding hydrogens is 823 g/mol. The monoisotopic (exact) mass is 924 g/mol. The predicted molar refractivity (Wildman–Crippen MR) is 277 cm³/mol. The molecule has 0 aliphatic rings. The van der Waals surface area contributed by atoms with Gasteiger partial charge in [-0.2, -0.15) is 0 Å². The van der Waals surface area contributed by atoms with Gasteiger partial charge in [0.15, 0.2) is 6.10 Å². The van der Waals surface area contributed by atoms with Gasteiger partial charge in [-0.25, -0.2) is 0 Å². The minimum Gasteiger partial charge on any atom is -0.544 e. The third kappa shape index (κ3) is 45.9. The lowest BCUT2D eigenvalue weighted by atomic mass is 10.0. The van der Waals surface area contributed by atoms with Gasteiger partial charge in [0.2, 0.25) is 0 Å². The molecule has 0 saturated carbocycles. The van der Waals surface area contributed by atoms with E-state index >= 15 is 0 Å². The van der Waals surface area contributed by atoms with Crippen molar-refractivity contribution in [1.29, 1.82) is 0 Å². The normalized spacial score (nSPS) is 13.4. The minimum absolute atomic E-state index is 0.0217. The highest BCUT2D eigenvalue weighted by molar-refractivity contribution is 5.70. The van der Waals surface area contributed by atoms with E-state index in [-0.39, 0.29) is 49.1 Å². The summed E-state index contributed by atoms with van der Waals surface area (Å²) >= 11 is 0. The fourth-order valence-corrected chi connectivity index (χ4v) is 7.73. The molecule has 8 heteroatoms. The maximum Gasteiger partial charge on any atom is 0.306 e. The SMILES string of the molecule is CC/C=C/C/C=C/C/C=C/C/C=C/C/C=C/C/C=C/CCCC(=O)OCC(COCCC(C(=O)[O-])[N+](C)(C)C)OC(=O)CCCCCCCCCCCCCCCCCCCCCCCC. The van der Waals surface area contributed by atoms with E-state index in [0.29, 0.717) is 12.8 Å². The van der Waals surface area contributed by atoms with Gasteiger partial charge in [0.25, 0.3) is 0 Å². The number of esters is 2. The molecule has 0 spiro atoms. The number of unbranched alkanes of at least 4 members (excludes halogenated alkanes) is 22. The Morgan fingerprint density at radius 3 is 1.24 bits per heavy atom. The highest BCUT2D eigenvalue weighted by atomic mass is 16.6. The summed E-state index contributed by atoms with van der Waals surface area (Å²) in [5.74, 6) is -1.81. The number of ether oxygens (including phenoxy) is 3. The van der Waals surface area contributed by atoms with Crippen LogP contribution in [0.3, 0.4) is 0 Å². The van der Waals surface area contributed by atoms with Crippen LogP contribution < -0.4 is 5.11 Å². The topological polar surface area (TPSA) is 102 Å². The molecule has 2 unspecified atom stereocenters. The molecule has 0 aliphatic carbocycles. The van der Waals surface area contributed by atoms with Crippen LogP contribution in [-0.2, 0) is 28.6 Å². The molecule has 8 nitrogen and oxygen atoms in total. The van der Waals surface area contributed by atoms with Gasteiger partial charge < -0.3 is 28.6 Å². The van der Waals surface area contributed by atoms with Crippen molar-refractivity contribution >= 4 is 17.9 Å². The molecule has 0 bridgehead atoms. The summed E-state index contributed by atoms with van der Waals surface area (Å²) in [6, 6.07) is -0.737. The Kier molecular flexibility index (Phi) is 45.9. The Labute approximate surface area is 406 Å². The first kappa shape index (κ1) is 62.8. The second-order valence-electron chi connectivity index (χ2n) is 19.1. The van der Waals surface area contributed by atoms with E-state index in [2.05, 4.69) is 86.8 Å². The first-order chi connectivity index (χ1) is 32.1. The van der Waals surface area contributed by atoms with Gasteiger partial charge in [-0.3, -0.25) is 9.59 Å². The lowest BCUT2D eigenvalue weighted by Gasteiger charge is -2.34. The number of likely N-dealkylation sites (N-methyl/N-ethyl adjacent to an activating group) is 1. The third-order valence-electron chi connectivity index (χ3n) is 11.9. The summed E-state index contributed by atoms with van der Waals surface area (Å²) in [6.45, 7) is 4.51. The fourth-order valence-electron chi connectivity index (χ4n) is 7.73. The molecule has 380 valence electrons. The van der Waals surface area contributed by atoms with Crippen LogP contribution >= 0.6 is 0 Å². The Bertz CT molecular complexity index is 1310. The average molecular weight is 924 g/mol. The van der Waals surface area contributed by atoms with E-state index in [1.54, 1.807) is 21.1 Å². The summed E-state index contributed by atoms with van der Waals surface area (Å²) in [7, 11) is 5.40. The van der Waals surface area contributed by atoms with Crippen LogP contribution in [0.25, 0.3) is 0 Å². The second-order valence-corrected chi connectivity index (χ2v) is 19.1. The molecule has 0 heterocycles. The summed E-state index contributed by atoms with van der Waals surface area (Å²) in [6.07, 6.45) is 62.3. The zero-order valence-corrected chi connectivity index (χ0v) is 43.3. The Hall–Kier alpha value is -3.23. The zero-order valence-electron chi connectivity index (χ0n) is 43.3. The van der Waals surface area contributed by atoms with Crippen LogP contribution in [0.4, 0.5) is 0 Å². The summed E-state index contributed by atoms with van der Waals surface area (Å²) in [4.78, 5) is 37.1. The van der Waals surface area contributed by atoms with Gasteiger partial charge in [-0.05, 0) is 57.8 Å². The molecule has 2 atom stereocenters. The van der Waals surface area contributed by atoms with E-state index in [1.807, 2.05) is 0 Å². The minimum atomic E-state index is -1.13. The summed E-state index contributed by atoms with van der Waals surface area (Å²) in [5, 5.41) is 11.7. The van der Waals surface area contributed by atoms with Crippen LogP contribution in [-0.4, -0.2) is 75.5 Å². The molecule has 0 fully saturated rings. The van der Waals surface area contributed by atoms with Crippen molar-refractivity contribution in [1.82, 2.24) is 0 Å². The largest absolute Gasteiger partial charge is 0.544 e.